The van der Waals surface area contributed by atoms with Gasteiger partial charge in [0.2, 0.25) is 0 Å². The van der Waals surface area contributed by atoms with Crippen LogP contribution >= 0.6 is 0 Å². The molecule has 146 valence electrons. The van der Waals surface area contributed by atoms with Gasteiger partial charge in [-0.05, 0) is 73.7 Å². The molecule has 0 atom stereocenters. The van der Waals surface area contributed by atoms with Crippen molar-refractivity contribution < 1.29 is 19.0 Å². The van der Waals surface area contributed by atoms with Gasteiger partial charge in [0.25, 0.3) is 0 Å². The largest absolute Gasteiger partial charge is 0.508 e. The Hall–Kier alpha value is -3.73. The summed E-state index contributed by atoms with van der Waals surface area (Å²) in [6.45, 7) is 2.57. The van der Waals surface area contributed by atoms with Crippen molar-refractivity contribution in [2.75, 3.05) is 13.7 Å². The fourth-order valence-electron chi connectivity index (χ4n) is 3.07. The van der Waals surface area contributed by atoms with Crippen molar-refractivity contribution >= 4 is 16.7 Å². The van der Waals surface area contributed by atoms with Crippen LogP contribution in [0.15, 0.2) is 82.2 Å². The Balaban J connectivity index is 1.87. The summed E-state index contributed by atoms with van der Waals surface area (Å²) in [6.07, 6.45) is 0. The fourth-order valence-corrected chi connectivity index (χ4v) is 3.07. The molecule has 4 aromatic rings. The predicted octanol–water partition coefficient (Wildman–Crippen LogP) is 5.45. The van der Waals surface area contributed by atoms with Crippen molar-refractivity contribution in [1.29, 1.82) is 0 Å². The van der Waals surface area contributed by atoms with Crippen molar-refractivity contribution in [3.05, 3.63) is 78.2 Å². The Bertz CT molecular complexity index is 1190. The van der Waals surface area contributed by atoms with E-state index >= 15 is 0 Å². The first kappa shape index (κ1) is 18.6. The number of ether oxygens (including phenoxy) is 2. The molecule has 0 spiro atoms. The van der Waals surface area contributed by atoms with E-state index in [0.29, 0.717) is 23.3 Å². The Morgan fingerprint density at radius 2 is 1.62 bits per heavy atom. The topological polar surface area (TPSA) is 64.2 Å². The zero-order chi connectivity index (χ0) is 20.2. The standard InChI is InChI=1S/C24H21NO4/c1-3-28-20-11-6-17(7-12-20)25-22-15-24(16-4-9-19(27-2)10-5-16)29-23-13-8-18(26)14-21(22)23/h4-15,26H,3H2,1-2H3. The van der Waals surface area contributed by atoms with Gasteiger partial charge in [0.1, 0.15) is 28.6 Å². The van der Waals surface area contributed by atoms with E-state index in [1.807, 2.05) is 61.5 Å². The average molecular weight is 387 g/mol. The van der Waals surface area contributed by atoms with E-state index in [0.717, 1.165) is 28.1 Å². The summed E-state index contributed by atoms with van der Waals surface area (Å²) < 4.78 is 16.8. The van der Waals surface area contributed by atoms with Gasteiger partial charge in [-0.15, -0.1) is 0 Å². The number of benzene rings is 3. The highest BCUT2D eigenvalue weighted by molar-refractivity contribution is 5.80. The Kier molecular flexibility index (Phi) is 5.20. The van der Waals surface area contributed by atoms with E-state index in [9.17, 15) is 5.11 Å². The Labute approximate surface area is 168 Å². The molecule has 0 saturated heterocycles. The molecule has 0 bridgehead atoms. The van der Waals surface area contributed by atoms with E-state index in [1.54, 1.807) is 25.3 Å². The smallest absolute Gasteiger partial charge is 0.137 e. The molecule has 1 aromatic heterocycles. The van der Waals surface area contributed by atoms with E-state index in [4.69, 9.17) is 18.9 Å². The number of methoxy groups -OCH3 is 1. The number of phenols is 1. The Morgan fingerprint density at radius 3 is 2.31 bits per heavy atom. The third-order valence-corrected chi connectivity index (χ3v) is 4.50. The second-order valence-electron chi connectivity index (χ2n) is 6.44. The molecule has 0 aliphatic rings. The van der Waals surface area contributed by atoms with Gasteiger partial charge in [-0.3, -0.25) is 0 Å². The minimum atomic E-state index is 0.160. The van der Waals surface area contributed by atoms with Crippen LogP contribution in [-0.2, 0) is 0 Å². The quantitative estimate of drug-likeness (QED) is 0.495. The summed E-state index contributed by atoms with van der Waals surface area (Å²) in [5, 5.41) is 11.4. The van der Waals surface area contributed by atoms with Crippen molar-refractivity contribution in [2.45, 2.75) is 6.92 Å². The number of hydrogen-bond donors (Lipinski definition) is 1. The normalized spacial score (nSPS) is 11.6. The van der Waals surface area contributed by atoms with Gasteiger partial charge in [-0.1, -0.05) is 0 Å². The molecule has 0 fully saturated rings. The van der Waals surface area contributed by atoms with Crippen molar-refractivity contribution in [1.82, 2.24) is 0 Å². The maximum absolute atomic E-state index is 9.95. The average Bonchev–Trinajstić information content (AvgIpc) is 2.75. The third-order valence-electron chi connectivity index (χ3n) is 4.50. The molecule has 0 amide bonds. The number of phenolic OH excluding ortho intramolecular Hbond substituents is 1. The highest BCUT2D eigenvalue weighted by atomic mass is 16.5. The summed E-state index contributed by atoms with van der Waals surface area (Å²) >= 11 is 0. The van der Waals surface area contributed by atoms with Crippen LogP contribution in [0, 0.1) is 0 Å². The second kappa shape index (κ2) is 8.10. The van der Waals surface area contributed by atoms with Gasteiger partial charge >= 0.3 is 0 Å². The highest BCUT2D eigenvalue weighted by Crippen LogP contribution is 2.26. The Morgan fingerprint density at radius 1 is 0.897 bits per heavy atom. The third kappa shape index (κ3) is 4.09. The number of nitrogens with zero attached hydrogens (tertiary/aromatic N) is 1. The first-order valence-electron chi connectivity index (χ1n) is 9.35. The molecular formula is C24H21NO4. The number of aromatic hydroxyl groups is 1. The summed E-state index contributed by atoms with van der Waals surface area (Å²) in [4.78, 5) is 4.78. The number of hydrogen-bond acceptors (Lipinski definition) is 5. The van der Waals surface area contributed by atoms with Crippen LogP contribution in [0.25, 0.3) is 22.3 Å². The van der Waals surface area contributed by atoms with Crippen molar-refractivity contribution in [3.8, 4) is 28.6 Å². The van der Waals surface area contributed by atoms with Crippen LogP contribution < -0.4 is 14.8 Å². The minimum absolute atomic E-state index is 0.160. The SMILES string of the molecule is CCOc1ccc(N=c2cc(-c3ccc(OC)cc3)oc3ccc(O)cc23)cc1. The van der Waals surface area contributed by atoms with E-state index < -0.39 is 0 Å². The molecule has 3 aromatic carbocycles. The van der Waals surface area contributed by atoms with Gasteiger partial charge in [0.05, 0.1) is 24.8 Å². The first-order chi connectivity index (χ1) is 14.2. The molecule has 5 nitrogen and oxygen atoms in total. The summed E-state index contributed by atoms with van der Waals surface area (Å²) in [5.41, 5.74) is 2.33. The summed E-state index contributed by atoms with van der Waals surface area (Å²) in [5.74, 6) is 2.42. The first-order valence-corrected chi connectivity index (χ1v) is 9.35. The van der Waals surface area contributed by atoms with Crippen LogP contribution in [0.2, 0.25) is 0 Å². The molecule has 4 rings (SSSR count). The number of rotatable bonds is 5. The zero-order valence-electron chi connectivity index (χ0n) is 16.3. The lowest BCUT2D eigenvalue weighted by molar-refractivity contribution is 0.340. The second-order valence-corrected chi connectivity index (χ2v) is 6.44. The van der Waals surface area contributed by atoms with Crippen LogP contribution in [-0.4, -0.2) is 18.8 Å². The maximum atomic E-state index is 9.95. The molecule has 29 heavy (non-hydrogen) atoms. The molecule has 0 radical (unpaired) electrons. The van der Waals surface area contributed by atoms with Crippen molar-refractivity contribution in [3.63, 3.8) is 0 Å². The van der Waals surface area contributed by atoms with Gasteiger partial charge in [0.15, 0.2) is 0 Å². The lowest BCUT2D eigenvalue weighted by atomic mass is 10.1. The molecule has 0 aliphatic heterocycles. The molecule has 1 N–H and O–H groups in total. The summed E-state index contributed by atoms with van der Waals surface area (Å²) in [7, 11) is 1.63. The van der Waals surface area contributed by atoms with E-state index in [-0.39, 0.29) is 5.75 Å². The van der Waals surface area contributed by atoms with Crippen LogP contribution in [0.5, 0.6) is 17.2 Å². The van der Waals surface area contributed by atoms with E-state index in [1.165, 1.54) is 0 Å². The highest BCUT2D eigenvalue weighted by Gasteiger charge is 2.08. The molecule has 0 aliphatic carbocycles. The van der Waals surface area contributed by atoms with Crippen LogP contribution in [0.1, 0.15) is 6.92 Å². The predicted molar refractivity (Wildman–Crippen MR) is 113 cm³/mol. The fraction of sp³-hybridized carbons (Fsp3) is 0.125. The number of fused-ring (bicyclic) bond motifs is 1. The maximum Gasteiger partial charge on any atom is 0.137 e. The molecule has 0 unspecified atom stereocenters. The lowest BCUT2D eigenvalue weighted by Gasteiger charge is -2.07. The van der Waals surface area contributed by atoms with E-state index in [2.05, 4.69) is 0 Å². The van der Waals surface area contributed by atoms with Crippen LogP contribution in [0.4, 0.5) is 5.69 Å². The molecular weight excluding hydrogens is 366 g/mol. The summed E-state index contributed by atoms with van der Waals surface area (Å²) in [6, 6.07) is 22.1. The molecule has 0 saturated carbocycles. The molecule has 5 heteroatoms. The van der Waals surface area contributed by atoms with Gasteiger partial charge in [-0.25, -0.2) is 4.99 Å². The zero-order valence-corrected chi connectivity index (χ0v) is 16.3. The van der Waals surface area contributed by atoms with Gasteiger partial charge < -0.3 is 19.0 Å². The van der Waals surface area contributed by atoms with Crippen molar-refractivity contribution in [2.24, 2.45) is 4.99 Å². The van der Waals surface area contributed by atoms with Gasteiger partial charge in [0, 0.05) is 17.0 Å². The lowest BCUT2D eigenvalue weighted by Crippen LogP contribution is -2.03. The monoisotopic (exact) mass is 387 g/mol. The molecule has 1 heterocycles. The van der Waals surface area contributed by atoms with Crippen LogP contribution in [0.3, 0.4) is 0 Å². The van der Waals surface area contributed by atoms with Gasteiger partial charge in [-0.2, -0.15) is 0 Å². The minimum Gasteiger partial charge on any atom is -0.508 e.